The molecule has 2 N–H and O–H groups in total. The minimum Gasteiger partial charge on any atom is -0.464 e. The molecule has 64 heavy (non-hydrogen) atoms. The van der Waals surface area contributed by atoms with Gasteiger partial charge in [-0.2, -0.15) is 0 Å². The summed E-state index contributed by atoms with van der Waals surface area (Å²) in [6, 6.07) is 7.69. The smallest absolute Gasteiger partial charge is 0.324 e. The minimum atomic E-state index is -1.04. The van der Waals surface area contributed by atoms with Crippen molar-refractivity contribution in [2.24, 2.45) is 11.3 Å². The number of urea groups is 1. The second kappa shape index (κ2) is 19.7. The van der Waals surface area contributed by atoms with Gasteiger partial charge in [0.1, 0.15) is 18.1 Å². The van der Waals surface area contributed by atoms with E-state index in [0.717, 1.165) is 64.1 Å². The second-order valence-electron chi connectivity index (χ2n) is 19.1. The first-order valence-corrected chi connectivity index (χ1v) is 23.7. The SMILES string of the molecule is CCn1c(-c2cccnc2[C@H](C)OC)c2c3cc(ccc31)-c1csc(n1)C[C@H](NC(=O)C(C(C)C)N(C)C(=O)N1CCC[C@@H]1CN(C)C)C(=O)N1CCC[C@H](N1)C(=O)OCC(C)(C)C2. The van der Waals surface area contributed by atoms with Gasteiger partial charge in [-0.3, -0.25) is 24.4 Å². The van der Waals surface area contributed by atoms with Gasteiger partial charge in [-0.15, -0.1) is 11.3 Å². The Morgan fingerprint density at radius 3 is 2.58 bits per heavy atom. The van der Waals surface area contributed by atoms with E-state index in [1.807, 2.05) is 51.2 Å². The van der Waals surface area contributed by atoms with Crippen LogP contribution in [0, 0.1) is 11.3 Å². The van der Waals surface area contributed by atoms with Crippen LogP contribution in [0.2, 0.25) is 0 Å². The summed E-state index contributed by atoms with van der Waals surface area (Å²) >= 11 is 1.43. The summed E-state index contributed by atoms with van der Waals surface area (Å²) in [5.41, 5.74) is 9.42. The number of cyclic esters (lactones) is 1. The molecule has 1 unspecified atom stereocenters. The van der Waals surface area contributed by atoms with Crippen molar-refractivity contribution in [3.63, 3.8) is 0 Å². The third kappa shape index (κ3) is 9.85. The molecule has 15 nitrogen and oxygen atoms in total. The van der Waals surface area contributed by atoms with Crippen LogP contribution in [0.1, 0.15) is 89.6 Å². The van der Waals surface area contributed by atoms with Crippen molar-refractivity contribution >= 4 is 46.1 Å². The highest BCUT2D eigenvalue weighted by atomic mass is 32.1. The van der Waals surface area contributed by atoms with Crippen molar-refractivity contribution in [2.45, 2.75) is 117 Å². The van der Waals surface area contributed by atoms with Crippen LogP contribution in [0.15, 0.2) is 41.9 Å². The number of rotatable bonds is 10. The number of pyridine rings is 1. The van der Waals surface area contributed by atoms with E-state index in [9.17, 15) is 19.2 Å². The van der Waals surface area contributed by atoms with Crippen LogP contribution < -0.4 is 10.7 Å². The Morgan fingerprint density at radius 2 is 1.86 bits per heavy atom. The highest BCUT2D eigenvalue weighted by molar-refractivity contribution is 7.10. The summed E-state index contributed by atoms with van der Waals surface area (Å²) in [6.45, 7) is 14.7. The number of amides is 4. The summed E-state index contributed by atoms with van der Waals surface area (Å²) in [4.78, 5) is 72.5. The zero-order valence-corrected chi connectivity index (χ0v) is 40.1. The van der Waals surface area contributed by atoms with Crippen LogP contribution in [0.5, 0.6) is 0 Å². The summed E-state index contributed by atoms with van der Waals surface area (Å²) < 4.78 is 14.3. The second-order valence-corrected chi connectivity index (χ2v) is 20.0. The van der Waals surface area contributed by atoms with Crippen molar-refractivity contribution in [3.8, 4) is 22.5 Å². The molecule has 4 aromatic rings. The Bertz CT molecular complexity index is 2340. The third-order valence-corrected chi connectivity index (χ3v) is 13.8. The van der Waals surface area contributed by atoms with Gasteiger partial charge in [-0.1, -0.05) is 33.8 Å². The van der Waals surface area contributed by atoms with Crippen LogP contribution in [-0.4, -0.2) is 137 Å². The lowest BCUT2D eigenvalue weighted by Gasteiger charge is -2.38. The molecule has 16 heteroatoms. The van der Waals surface area contributed by atoms with Gasteiger partial charge in [0, 0.05) is 91.8 Å². The van der Waals surface area contributed by atoms with Gasteiger partial charge in [0.25, 0.3) is 5.91 Å². The number of nitrogens with zero attached hydrogens (tertiary/aromatic N) is 7. The number of aromatic nitrogens is 3. The predicted molar refractivity (Wildman–Crippen MR) is 249 cm³/mol. The summed E-state index contributed by atoms with van der Waals surface area (Å²) in [6.07, 6.45) is 5.11. The molecule has 3 aromatic heterocycles. The molecular formula is C48H67N9O6S. The summed E-state index contributed by atoms with van der Waals surface area (Å²) in [7, 11) is 7.36. The zero-order valence-electron chi connectivity index (χ0n) is 39.3. The fourth-order valence-corrected chi connectivity index (χ4v) is 10.6. The Kier molecular flexibility index (Phi) is 14.5. The molecule has 346 valence electrons. The van der Waals surface area contributed by atoms with Crippen LogP contribution in [-0.2, 0) is 43.2 Å². The number of carbonyl (C=O) groups is 4. The topological polar surface area (TPSA) is 154 Å². The van der Waals surface area contributed by atoms with Gasteiger partial charge in [-0.05, 0) is 95.8 Å². The Balaban J connectivity index is 1.28. The highest BCUT2D eigenvalue weighted by Crippen LogP contribution is 2.42. The maximum atomic E-state index is 14.6. The fourth-order valence-electron chi connectivity index (χ4n) is 9.77. The lowest BCUT2D eigenvalue weighted by Crippen LogP contribution is -2.62. The van der Waals surface area contributed by atoms with Crippen LogP contribution in [0.3, 0.4) is 0 Å². The number of hydrogen-bond donors (Lipinski definition) is 2. The number of hydrazine groups is 1. The van der Waals surface area contributed by atoms with Gasteiger partial charge in [0.15, 0.2) is 0 Å². The molecule has 2 fully saturated rings. The molecule has 1 aromatic carbocycles. The zero-order chi connectivity index (χ0) is 46.0. The molecule has 4 amide bonds. The van der Waals surface area contributed by atoms with E-state index in [4.69, 9.17) is 19.4 Å². The van der Waals surface area contributed by atoms with E-state index < -0.39 is 35.4 Å². The van der Waals surface area contributed by atoms with Crippen LogP contribution in [0.4, 0.5) is 4.79 Å². The van der Waals surface area contributed by atoms with E-state index in [2.05, 4.69) is 65.2 Å². The monoisotopic (exact) mass is 897 g/mol. The number of likely N-dealkylation sites (tertiary alicyclic amines) is 1. The molecule has 7 rings (SSSR count). The minimum absolute atomic E-state index is 0.0544. The Labute approximate surface area is 381 Å². The maximum Gasteiger partial charge on any atom is 0.324 e. The number of methoxy groups -OCH3 is 1. The number of hydrogen-bond acceptors (Lipinski definition) is 11. The van der Waals surface area contributed by atoms with Gasteiger partial charge in [-0.25, -0.2) is 15.2 Å². The van der Waals surface area contributed by atoms with E-state index in [-0.39, 0.29) is 43.0 Å². The molecule has 0 aliphatic carbocycles. The first kappa shape index (κ1) is 47.1. The number of carbonyl (C=O) groups excluding carboxylic acids is 4. The van der Waals surface area contributed by atoms with E-state index in [1.165, 1.54) is 21.2 Å². The van der Waals surface area contributed by atoms with Crippen molar-refractivity contribution in [2.75, 3.05) is 54.5 Å². The summed E-state index contributed by atoms with van der Waals surface area (Å²) in [5, 5.41) is 8.25. The normalized spacial score (nSPS) is 21.5. The molecule has 0 saturated carbocycles. The number of benzene rings is 1. The lowest BCUT2D eigenvalue weighted by molar-refractivity contribution is -0.155. The molecular weight excluding hydrogens is 831 g/mol. The molecule has 3 aliphatic rings. The number of ether oxygens (including phenoxy) is 2. The molecule has 6 heterocycles. The molecule has 0 spiro atoms. The molecule has 6 bridgehead atoms. The average molecular weight is 898 g/mol. The van der Waals surface area contributed by atoms with Crippen LogP contribution in [0.25, 0.3) is 33.4 Å². The number of thiazole rings is 1. The molecule has 2 saturated heterocycles. The largest absolute Gasteiger partial charge is 0.464 e. The van der Waals surface area contributed by atoms with Crippen molar-refractivity contribution in [3.05, 3.63) is 58.2 Å². The van der Waals surface area contributed by atoms with Gasteiger partial charge >= 0.3 is 12.0 Å². The molecule has 3 aliphatic heterocycles. The van der Waals surface area contributed by atoms with Crippen molar-refractivity contribution in [1.82, 2.24) is 45.0 Å². The number of likely N-dealkylation sites (N-methyl/N-ethyl adjacent to an activating group) is 2. The average Bonchev–Trinajstić information content (AvgIpc) is 4.01. The number of fused-ring (bicyclic) bond motifs is 6. The van der Waals surface area contributed by atoms with Crippen molar-refractivity contribution < 1.29 is 28.7 Å². The van der Waals surface area contributed by atoms with E-state index >= 15 is 0 Å². The van der Waals surface area contributed by atoms with Crippen molar-refractivity contribution in [1.29, 1.82) is 0 Å². The van der Waals surface area contributed by atoms with E-state index in [0.29, 0.717) is 43.9 Å². The standard InChI is InChI=1S/C48H67N9O6S/c1-11-55-39-19-18-31-23-34(39)35(43(55)33-16-12-20-49-41(33)30(4)62-10)25-48(5,6)28-63-46(60)36-17-14-22-57(52-36)45(59)37(24-40-50-38(31)27-64-40)51-44(58)42(29(2)3)54(9)47(61)56-21-13-15-32(56)26-53(7)8/h12,16,18-20,23,27,29-30,32,36-37,42,52H,11,13-15,17,21-22,24-26,28H2,1-10H3,(H,51,58)/t30-,32+,36-,37-,42?/m0/s1. The first-order valence-electron chi connectivity index (χ1n) is 22.8. The summed E-state index contributed by atoms with van der Waals surface area (Å²) in [5.74, 6) is -1.50. The Morgan fingerprint density at radius 1 is 1.09 bits per heavy atom. The maximum absolute atomic E-state index is 14.6. The van der Waals surface area contributed by atoms with Gasteiger partial charge in [0.05, 0.1) is 34.8 Å². The van der Waals surface area contributed by atoms with E-state index in [1.54, 1.807) is 20.4 Å². The lowest BCUT2D eigenvalue weighted by atomic mass is 9.84. The number of nitrogens with one attached hydrogen (secondary N) is 2. The van der Waals surface area contributed by atoms with Crippen LogP contribution >= 0.6 is 11.3 Å². The predicted octanol–water partition coefficient (Wildman–Crippen LogP) is 6.30. The first-order chi connectivity index (χ1) is 30.5. The quantitative estimate of drug-likeness (QED) is 0.173. The molecule has 5 atom stereocenters. The van der Waals surface area contributed by atoms with Gasteiger partial charge < -0.3 is 34.1 Å². The molecule has 0 radical (unpaired) electrons. The number of esters is 1. The third-order valence-electron chi connectivity index (χ3n) is 13.0. The number of aryl methyl sites for hydroxylation is 1. The highest BCUT2D eigenvalue weighted by Gasteiger charge is 2.40. The van der Waals surface area contributed by atoms with Gasteiger partial charge in [0.2, 0.25) is 5.91 Å². The fraction of sp³-hybridized carbons (Fsp3) is 0.583. The Hall–Kier alpha value is -4.90.